The SMILES string of the molecule is C=Cc1ccc2c(oc3ccccc32)c1C1C=CC(C)=[NH+]1. The maximum Gasteiger partial charge on any atom is 0.199 e. The van der Waals surface area contributed by atoms with E-state index < -0.39 is 0 Å². The van der Waals surface area contributed by atoms with Crippen LogP contribution in [0.5, 0.6) is 0 Å². The molecule has 1 aromatic heterocycles. The van der Waals surface area contributed by atoms with Crippen molar-refractivity contribution in [3.05, 3.63) is 66.3 Å². The molecule has 1 aliphatic heterocycles. The third-order valence-electron chi connectivity index (χ3n) is 4.07. The minimum absolute atomic E-state index is 0.141. The standard InChI is InChI=1S/C19H15NO/c1-3-13-9-10-15-14-6-4-5-7-17(14)21-19(15)18(13)16-11-8-12(2)20-16/h3-11,16H,1H2,2H3/p+1. The molecule has 0 aliphatic carbocycles. The van der Waals surface area contributed by atoms with Crippen molar-refractivity contribution in [1.82, 2.24) is 0 Å². The van der Waals surface area contributed by atoms with E-state index in [0.29, 0.717) is 0 Å². The number of fused-ring (bicyclic) bond motifs is 3. The van der Waals surface area contributed by atoms with Crippen LogP contribution in [0.25, 0.3) is 28.0 Å². The Morgan fingerprint density at radius 1 is 1.14 bits per heavy atom. The Labute approximate surface area is 123 Å². The summed E-state index contributed by atoms with van der Waals surface area (Å²) in [6.07, 6.45) is 6.18. The minimum atomic E-state index is 0.141. The van der Waals surface area contributed by atoms with E-state index in [4.69, 9.17) is 4.42 Å². The van der Waals surface area contributed by atoms with Gasteiger partial charge in [-0.3, -0.25) is 0 Å². The van der Waals surface area contributed by atoms with Crippen LogP contribution in [0.1, 0.15) is 24.1 Å². The van der Waals surface area contributed by atoms with Crippen molar-refractivity contribution >= 4 is 33.7 Å². The van der Waals surface area contributed by atoms with E-state index in [2.05, 4.69) is 48.8 Å². The molecular formula is C19H16NO+. The lowest BCUT2D eigenvalue weighted by Gasteiger charge is -2.07. The highest BCUT2D eigenvalue weighted by atomic mass is 16.3. The zero-order chi connectivity index (χ0) is 14.4. The van der Waals surface area contributed by atoms with E-state index in [1.54, 1.807) is 0 Å². The fraction of sp³-hybridized carbons (Fsp3) is 0.105. The minimum Gasteiger partial charge on any atom is -0.455 e. The predicted molar refractivity (Wildman–Crippen MR) is 87.3 cm³/mol. The zero-order valence-electron chi connectivity index (χ0n) is 11.9. The van der Waals surface area contributed by atoms with Crippen molar-refractivity contribution in [3.8, 4) is 0 Å². The third-order valence-corrected chi connectivity index (χ3v) is 4.07. The van der Waals surface area contributed by atoms with Crippen molar-refractivity contribution in [2.24, 2.45) is 0 Å². The molecule has 2 heterocycles. The summed E-state index contributed by atoms with van der Waals surface area (Å²) < 4.78 is 6.14. The molecule has 2 nitrogen and oxygen atoms in total. The average molecular weight is 274 g/mol. The van der Waals surface area contributed by atoms with E-state index in [9.17, 15) is 0 Å². The first-order chi connectivity index (χ1) is 10.3. The number of furan rings is 1. The Morgan fingerprint density at radius 2 is 2.00 bits per heavy atom. The monoisotopic (exact) mass is 274 g/mol. The van der Waals surface area contributed by atoms with Crippen LogP contribution in [0, 0.1) is 0 Å². The first-order valence-electron chi connectivity index (χ1n) is 7.13. The smallest absolute Gasteiger partial charge is 0.199 e. The summed E-state index contributed by atoms with van der Waals surface area (Å²) in [4.78, 5) is 3.48. The van der Waals surface area contributed by atoms with Gasteiger partial charge in [-0.25, -0.2) is 4.99 Å². The molecule has 0 radical (unpaired) electrons. The first kappa shape index (κ1) is 12.2. The van der Waals surface area contributed by atoms with Crippen LogP contribution in [0.4, 0.5) is 0 Å². The van der Waals surface area contributed by atoms with Gasteiger partial charge in [0.25, 0.3) is 0 Å². The Balaban J connectivity index is 2.11. The van der Waals surface area contributed by atoms with Crippen molar-refractivity contribution in [1.29, 1.82) is 0 Å². The second-order valence-electron chi connectivity index (χ2n) is 5.41. The molecule has 2 aromatic carbocycles. The fourth-order valence-corrected chi connectivity index (χ4v) is 3.07. The summed E-state index contributed by atoms with van der Waals surface area (Å²) in [5.41, 5.74) is 5.32. The summed E-state index contributed by atoms with van der Waals surface area (Å²) in [5, 5.41) is 2.32. The Hall–Kier alpha value is -2.61. The maximum atomic E-state index is 6.14. The van der Waals surface area contributed by atoms with Crippen molar-refractivity contribution < 1.29 is 9.41 Å². The third kappa shape index (κ3) is 1.76. The van der Waals surface area contributed by atoms with E-state index in [1.165, 1.54) is 5.71 Å². The van der Waals surface area contributed by atoms with Crippen LogP contribution >= 0.6 is 0 Å². The van der Waals surface area contributed by atoms with Gasteiger partial charge < -0.3 is 4.42 Å². The van der Waals surface area contributed by atoms with Crippen LogP contribution < -0.4 is 4.99 Å². The van der Waals surface area contributed by atoms with Gasteiger partial charge in [0.15, 0.2) is 11.8 Å². The number of allylic oxidation sites excluding steroid dienone is 1. The van der Waals surface area contributed by atoms with Crippen molar-refractivity contribution in [2.45, 2.75) is 13.0 Å². The van der Waals surface area contributed by atoms with E-state index in [1.807, 2.05) is 24.3 Å². The second kappa shape index (κ2) is 4.45. The van der Waals surface area contributed by atoms with Crippen LogP contribution in [0.15, 0.2) is 59.5 Å². The lowest BCUT2D eigenvalue weighted by Crippen LogP contribution is -2.70. The van der Waals surface area contributed by atoms with Crippen molar-refractivity contribution in [3.63, 3.8) is 0 Å². The first-order valence-corrected chi connectivity index (χ1v) is 7.13. The lowest BCUT2D eigenvalue weighted by molar-refractivity contribution is -0.490. The molecule has 0 saturated carbocycles. The Kier molecular flexibility index (Phi) is 2.58. The number of hydrogen-bond donors (Lipinski definition) is 1. The Morgan fingerprint density at radius 3 is 2.76 bits per heavy atom. The summed E-state index contributed by atoms with van der Waals surface area (Å²) in [6.45, 7) is 6.01. The van der Waals surface area contributed by atoms with Gasteiger partial charge in [0, 0.05) is 23.8 Å². The van der Waals surface area contributed by atoms with Crippen LogP contribution in [0.3, 0.4) is 0 Å². The molecule has 1 N–H and O–H groups in total. The number of rotatable bonds is 2. The van der Waals surface area contributed by atoms with Gasteiger partial charge in [-0.2, -0.15) is 0 Å². The van der Waals surface area contributed by atoms with Crippen LogP contribution in [-0.2, 0) is 0 Å². The largest absolute Gasteiger partial charge is 0.455 e. The fourth-order valence-electron chi connectivity index (χ4n) is 3.07. The van der Waals surface area contributed by atoms with E-state index in [-0.39, 0.29) is 6.04 Å². The van der Waals surface area contributed by atoms with Gasteiger partial charge in [0.1, 0.15) is 11.2 Å². The van der Waals surface area contributed by atoms with Crippen LogP contribution in [0.2, 0.25) is 0 Å². The molecule has 1 atom stereocenters. The topological polar surface area (TPSA) is 27.1 Å². The molecule has 2 heteroatoms. The summed E-state index contributed by atoms with van der Waals surface area (Å²) >= 11 is 0. The molecule has 0 saturated heterocycles. The van der Waals surface area contributed by atoms with E-state index >= 15 is 0 Å². The van der Waals surface area contributed by atoms with Gasteiger partial charge in [-0.05, 0) is 23.8 Å². The van der Waals surface area contributed by atoms with E-state index in [0.717, 1.165) is 33.1 Å². The zero-order valence-corrected chi connectivity index (χ0v) is 11.9. The molecule has 1 aliphatic rings. The molecule has 1 unspecified atom stereocenters. The number of hydrogen-bond acceptors (Lipinski definition) is 1. The molecular weight excluding hydrogens is 258 g/mol. The predicted octanol–water partition coefficient (Wildman–Crippen LogP) is 3.38. The Bertz CT molecular complexity index is 927. The van der Waals surface area contributed by atoms with Gasteiger partial charge in [-0.1, -0.05) is 36.9 Å². The number of nitrogens with one attached hydrogen (secondary N) is 1. The summed E-state index contributed by atoms with van der Waals surface area (Å²) in [6, 6.07) is 12.6. The molecule has 0 fully saturated rings. The summed E-state index contributed by atoms with van der Waals surface area (Å²) in [7, 11) is 0. The van der Waals surface area contributed by atoms with Gasteiger partial charge in [0.05, 0.1) is 5.56 Å². The maximum absolute atomic E-state index is 6.14. The molecule has 3 aromatic rings. The molecule has 21 heavy (non-hydrogen) atoms. The van der Waals surface area contributed by atoms with Gasteiger partial charge >= 0.3 is 0 Å². The van der Waals surface area contributed by atoms with Crippen LogP contribution in [-0.4, -0.2) is 5.71 Å². The lowest BCUT2D eigenvalue weighted by atomic mass is 9.97. The quantitative estimate of drug-likeness (QED) is 0.762. The van der Waals surface area contributed by atoms with Crippen molar-refractivity contribution in [2.75, 3.05) is 0 Å². The van der Waals surface area contributed by atoms with Gasteiger partial charge in [-0.15, -0.1) is 0 Å². The highest BCUT2D eigenvalue weighted by Gasteiger charge is 2.25. The molecule has 102 valence electrons. The average Bonchev–Trinajstić information content (AvgIpc) is 3.09. The summed E-state index contributed by atoms with van der Waals surface area (Å²) in [5.74, 6) is 0. The normalized spacial score (nSPS) is 17.6. The number of benzene rings is 2. The van der Waals surface area contributed by atoms with Gasteiger partial charge in [0.2, 0.25) is 0 Å². The number of para-hydroxylation sites is 1. The molecule has 0 bridgehead atoms. The molecule has 4 rings (SSSR count). The highest BCUT2D eigenvalue weighted by molar-refractivity contribution is 6.06. The molecule has 0 spiro atoms. The highest BCUT2D eigenvalue weighted by Crippen LogP contribution is 2.35. The second-order valence-corrected chi connectivity index (χ2v) is 5.41. The molecule has 0 amide bonds.